The lowest BCUT2D eigenvalue weighted by atomic mass is 9.49. The van der Waals surface area contributed by atoms with Crippen LogP contribution < -0.4 is 5.32 Å². The molecule has 0 atom stereocenters. The molecule has 0 saturated heterocycles. The second-order valence-electron chi connectivity index (χ2n) is 9.04. The molecule has 0 unspecified atom stereocenters. The van der Waals surface area contributed by atoms with Crippen LogP contribution in [0.3, 0.4) is 0 Å². The SMILES string of the molecule is O=C(CSc1n[nH]c(C23CC4CC(CC(C4)C2)C3)n1)Nc1ccccc1C(F)(F)F. The molecule has 4 aliphatic rings. The lowest BCUT2D eigenvalue weighted by molar-refractivity contribution is -0.137. The highest BCUT2D eigenvalue weighted by molar-refractivity contribution is 7.99. The van der Waals surface area contributed by atoms with E-state index in [1.54, 1.807) is 0 Å². The number of benzene rings is 1. The Morgan fingerprint density at radius 1 is 1.13 bits per heavy atom. The number of hydrogen-bond donors (Lipinski definition) is 2. The minimum atomic E-state index is -4.52. The number of thioether (sulfide) groups is 1. The van der Waals surface area contributed by atoms with Crippen molar-refractivity contribution >= 4 is 23.4 Å². The first-order valence-corrected chi connectivity index (χ1v) is 11.3. The summed E-state index contributed by atoms with van der Waals surface area (Å²) in [6.07, 6.45) is 2.98. The van der Waals surface area contributed by atoms with Gasteiger partial charge in [0.2, 0.25) is 11.1 Å². The molecule has 0 radical (unpaired) electrons. The fraction of sp³-hybridized carbons (Fsp3) is 0.571. The van der Waals surface area contributed by atoms with Gasteiger partial charge in [-0.15, -0.1) is 5.10 Å². The van der Waals surface area contributed by atoms with Gasteiger partial charge < -0.3 is 5.32 Å². The number of rotatable bonds is 5. The summed E-state index contributed by atoms with van der Waals surface area (Å²) in [6, 6.07) is 4.97. The van der Waals surface area contributed by atoms with Gasteiger partial charge >= 0.3 is 6.18 Å². The number of aromatic nitrogens is 3. The summed E-state index contributed by atoms with van der Waals surface area (Å²) in [7, 11) is 0. The number of nitrogens with zero attached hydrogens (tertiary/aromatic N) is 2. The quantitative estimate of drug-likeness (QED) is 0.646. The molecule has 1 amide bonds. The number of carbonyl (C=O) groups is 1. The fourth-order valence-electron chi connectivity index (χ4n) is 6.10. The minimum absolute atomic E-state index is 0.0512. The van der Waals surface area contributed by atoms with E-state index in [1.807, 2.05) is 0 Å². The van der Waals surface area contributed by atoms with Gasteiger partial charge in [0.15, 0.2) is 0 Å². The largest absolute Gasteiger partial charge is 0.418 e. The van der Waals surface area contributed by atoms with Crippen LogP contribution in [0.5, 0.6) is 0 Å². The molecule has 0 spiro atoms. The summed E-state index contributed by atoms with van der Waals surface area (Å²) < 4.78 is 39.2. The smallest absolute Gasteiger partial charge is 0.325 e. The van der Waals surface area contributed by atoms with E-state index in [0.717, 1.165) is 60.7 Å². The summed E-state index contributed by atoms with van der Waals surface area (Å²) >= 11 is 1.14. The molecule has 2 N–H and O–H groups in total. The molecule has 2 aromatic rings. The molecule has 4 fully saturated rings. The standard InChI is InChI=1S/C21H23F3N4OS/c22-21(23,24)15-3-1-2-4-16(15)25-17(29)11-30-19-26-18(27-28-19)20-8-12-5-13(9-20)7-14(6-12)10-20/h1-4,12-14H,5-11H2,(H,25,29)(H,26,27,28). The first-order valence-electron chi connectivity index (χ1n) is 10.3. The van der Waals surface area contributed by atoms with Gasteiger partial charge in [0.1, 0.15) is 5.82 Å². The zero-order valence-corrected chi connectivity index (χ0v) is 17.2. The predicted octanol–water partition coefficient (Wildman–Crippen LogP) is 5.02. The number of para-hydroxylation sites is 1. The van der Waals surface area contributed by atoms with Crippen LogP contribution >= 0.6 is 11.8 Å². The van der Waals surface area contributed by atoms with Gasteiger partial charge in [0.05, 0.1) is 17.0 Å². The number of halogens is 3. The third-order valence-electron chi connectivity index (χ3n) is 6.84. The molecule has 1 heterocycles. The van der Waals surface area contributed by atoms with E-state index in [1.165, 1.54) is 37.5 Å². The molecule has 1 aromatic heterocycles. The van der Waals surface area contributed by atoms with E-state index >= 15 is 0 Å². The van der Waals surface area contributed by atoms with Crippen LogP contribution in [0.15, 0.2) is 29.4 Å². The van der Waals surface area contributed by atoms with Crippen LogP contribution in [0.2, 0.25) is 0 Å². The molecule has 4 aliphatic carbocycles. The normalized spacial score (nSPS) is 29.9. The number of H-pyrrole nitrogens is 1. The van der Waals surface area contributed by atoms with Crippen molar-refractivity contribution in [2.24, 2.45) is 17.8 Å². The molecular formula is C21H23F3N4OS. The maximum Gasteiger partial charge on any atom is 0.418 e. The van der Waals surface area contributed by atoms with E-state index in [2.05, 4.69) is 20.5 Å². The van der Waals surface area contributed by atoms with Gasteiger partial charge in [-0.25, -0.2) is 4.98 Å². The number of hydrogen-bond acceptors (Lipinski definition) is 4. The monoisotopic (exact) mass is 436 g/mol. The maximum atomic E-state index is 13.1. The lowest BCUT2D eigenvalue weighted by Crippen LogP contribution is -2.49. The van der Waals surface area contributed by atoms with E-state index in [-0.39, 0.29) is 16.9 Å². The van der Waals surface area contributed by atoms with Gasteiger partial charge in [0.25, 0.3) is 0 Å². The third-order valence-corrected chi connectivity index (χ3v) is 7.69. The fourth-order valence-corrected chi connectivity index (χ4v) is 6.70. The molecular weight excluding hydrogens is 413 g/mol. The van der Waals surface area contributed by atoms with E-state index in [9.17, 15) is 18.0 Å². The molecule has 4 bridgehead atoms. The van der Waals surface area contributed by atoms with Gasteiger partial charge in [-0.3, -0.25) is 9.89 Å². The zero-order valence-electron chi connectivity index (χ0n) is 16.3. The Balaban J connectivity index is 1.23. The van der Waals surface area contributed by atoms with Crippen LogP contribution in [0.1, 0.15) is 49.9 Å². The molecule has 5 nitrogen and oxygen atoms in total. The molecule has 0 aliphatic heterocycles. The van der Waals surface area contributed by atoms with Gasteiger partial charge in [-0.05, 0) is 68.4 Å². The lowest BCUT2D eigenvalue weighted by Gasteiger charge is -2.55. The van der Waals surface area contributed by atoms with Gasteiger partial charge in [0, 0.05) is 5.41 Å². The van der Waals surface area contributed by atoms with Crippen LogP contribution in [0, 0.1) is 17.8 Å². The summed E-state index contributed by atoms with van der Waals surface area (Å²) in [5.74, 6) is 2.72. The molecule has 1 aromatic carbocycles. The summed E-state index contributed by atoms with van der Waals surface area (Å²) in [4.78, 5) is 16.9. The van der Waals surface area contributed by atoms with Crippen molar-refractivity contribution in [2.75, 3.05) is 11.1 Å². The average Bonchev–Trinajstić information content (AvgIpc) is 3.15. The number of carbonyl (C=O) groups excluding carboxylic acids is 1. The number of anilines is 1. The third kappa shape index (κ3) is 3.72. The maximum absolute atomic E-state index is 13.1. The van der Waals surface area contributed by atoms with Crippen LogP contribution in [-0.2, 0) is 16.4 Å². The van der Waals surface area contributed by atoms with Crippen molar-refractivity contribution in [3.63, 3.8) is 0 Å². The Morgan fingerprint density at radius 3 is 2.40 bits per heavy atom. The van der Waals surface area contributed by atoms with Gasteiger partial charge in [-0.2, -0.15) is 13.2 Å². The minimum Gasteiger partial charge on any atom is -0.325 e. The second-order valence-corrected chi connectivity index (χ2v) is 9.99. The van der Waals surface area contributed by atoms with Crippen molar-refractivity contribution in [2.45, 2.75) is 55.3 Å². The Bertz CT molecular complexity index is 922. The number of nitrogens with one attached hydrogen (secondary N) is 2. The summed E-state index contributed by atoms with van der Waals surface area (Å²) in [5.41, 5.74) is -1.00. The molecule has 30 heavy (non-hydrogen) atoms. The highest BCUT2D eigenvalue weighted by Gasteiger charge is 2.53. The molecule has 160 valence electrons. The summed E-state index contributed by atoms with van der Waals surface area (Å²) in [6.45, 7) is 0. The van der Waals surface area contributed by atoms with Crippen molar-refractivity contribution in [1.29, 1.82) is 0 Å². The topological polar surface area (TPSA) is 70.7 Å². The van der Waals surface area contributed by atoms with Crippen molar-refractivity contribution < 1.29 is 18.0 Å². The van der Waals surface area contributed by atoms with Crippen molar-refractivity contribution in [1.82, 2.24) is 15.2 Å². The van der Waals surface area contributed by atoms with Crippen LogP contribution in [0.25, 0.3) is 0 Å². The van der Waals surface area contributed by atoms with E-state index in [4.69, 9.17) is 0 Å². The zero-order chi connectivity index (χ0) is 20.9. The Hall–Kier alpha value is -2.03. The van der Waals surface area contributed by atoms with Crippen molar-refractivity contribution in [3.8, 4) is 0 Å². The van der Waals surface area contributed by atoms with Crippen LogP contribution in [0.4, 0.5) is 18.9 Å². The average molecular weight is 437 g/mol. The highest BCUT2D eigenvalue weighted by Crippen LogP contribution is 2.60. The Morgan fingerprint density at radius 2 is 1.77 bits per heavy atom. The first-order chi connectivity index (χ1) is 14.3. The molecule has 6 rings (SSSR count). The number of aromatic amines is 1. The highest BCUT2D eigenvalue weighted by atomic mass is 32.2. The number of alkyl halides is 3. The predicted molar refractivity (Wildman–Crippen MR) is 107 cm³/mol. The Labute approximate surface area is 176 Å². The number of amides is 1. The second kappa shape index (κ2) is 7.28. The van der Waals surface area contributed by atoms with Crippen molar-refractivity contribution in [3.05, 3.63) is 35.7 Å². The molecule has 9 heteroatoms. The first kappa shape index (κ1) is 19.9. The van der Waals surface area contributed by atoms with E-state index in [0.29, 0.717) is 5.16 Å². The molecule has 4 saturated carbocycles. The van der Waals surface area contributed by atoms with Crippen LogP contribution in [-0.4, -0.2) is 26.8 Å². The Kier molecular flexibility index (Phi) is 4.83. The summed E-state index contributed by atoms with van der Waals surface area (Å²) in [5, 5.41) is 10.2. The van der Waals surface area contributed by atoms with E-state index < -0.39 is 17.6 Å². The van der Waals surface area contributed by atoms with Gasteiger partial charge in [-0.1, -0.05) is 23.9 Å².